The lowest BCUT2D eigenvalue weighted by Crippen LogP contribution is -2.37. The van der Waals surface area contributed by atoms with Crippen molar-refractivity contribution in [2.45, 2.75) is 111 Å². The quantitative estimate of drug-likeness (QED) is 0.0888. The Morgan fingerprint density at radius 2 is 1.53 bits per heavy atom. The Balaban J connectivity index is 1.28. The average molecular weight is 851 g/mol. The fourth-order valence-corrected chi connectivity index (χ4v) is 7.64. The van der Waals surface area contributed by atoms with Gasteiger partial charge in [-0.1, -0.05) is 12.1 Å². The SMILES string of the molecule is COc1ccc(C[C@H](CC(=O)C2CCC(CNC(=O)OC(C)(C)C)CC2)C(=O)Nc2ccc(C3=NCN=N3)cc2)cc1-c1ccc(C(=O)NCCCC(=O)OC(C)(C)C)cc1C. The van der Waals surface area contributed by atoms with Crippen LogP contribution in [0, 0.1) is 24.7 Å². The van der Waals surface area contributed by atoms with E-state index in [9.17, 15) is 24.0 Å². The number of amidine groups is 1. The molecule has 1 aliphatic carbocycles. The van der Waals surface area contributed by atoms with Crippen LogP contribution in [0.25, 0.3) is 11.1 Å². The first kappa shape index (κ1) is 47.1. The zero-order valence-corrected chi connectivity index (χ0v) is 37.4. The number of hydrogen-bond acceptors (Lipinski definition) is 11. The first-order valence-corrected chi connectivity index (χ1v) is 21.5. The Kier molecular flexibility index (Phi) is 16.2. The minimum Gasteiger partial charge on any atom is -0.496 e. The number of rotatable bonds is 17. The van der Waals surface area contributed by atoms with E-state index in [-0.39, 0.29) is 48.2 Å². The largest absolute Gasteiger partial charge is 0.496 e. The van der Waals surface area contributed by atoms with Crippen molar-refractivity contribution in [2.24, 2.45) is 33.0 Å². The third kappa shape index (κ3) is 14.3. The van der Waals surface area contributed by atoms with E-state index in [2.05, 4.69) is 31.2 Å². The normalized spacial score (nSPS) is 16.7. The van der Waals surface area contributed by atoms with Gasteiger partial charge >= 0.3 is 12.1 Å². The van der Waals surface area contributed by atoms with Gasteiger partial charge in [0, 0.05) is 60.1 Å². The summed E-state index contributed by atoms with van der Waals surface area (Å²) in [7, 11) is 1.59. The maximum Gasteiger partial charge on any atom is 0.407 e. The molecule has 14 nitrogen and oxygen atoms in total. The van der Waals surface area contributed by atoms with Gasteiger partial charge in [-0.3, -0.25) is 19.2 Å². The van der Waals surface area contributed by atoms with Crippen molar-refractivity contribution in [2.75, 3.05) is 32.2 Å². The summed E-state index contributed by atoms with van der Waals surface area (Å²) in [5.41, 5.74) is 4.05. The molecule has 3 aromatic rings. The minimum absolute atomic E-state index is 0.0481. The van der Waals surface area contributed by atoms with E-state index in [1.54, 1.807) is 25.3 Å². The van der Waals surface area contributed by atoms with E-state index in [0.717, 1.165) is 40.7 Å². The van der Waals surface area contributed by atoms with Gasteiger partial charge in [-0.05, 0) is 158 Å². The number of nitrogens with one attached hydrogen (secondary N) is 3. The Morgan fingerprint density at radius 3 is 2.16 bits per heavy atom. The molecular weight excluding hydrogens is 789 g/mol. The molecule has 1 aliphatic heterocycles. The lowest BCUT2D eigenvalue weighted by atomic mass is 9.77. The van der Waals surface area contributed by atoms with Crippen LogP contribution in [-0.2, 0) is 30.3 Å². The molecule has 0 aromatic heterocycles. The molecule has 1 heterocycles. The van der Waals surface area contributed by atoms with Crippen molar-refractivity contribution in [3.05, 3.63) is 82.9 Å². The van der Waals surface area contributed by atoms with Crippen molar-refractivity contribution in [1.29, 1.82) is 0 Å². The van der Waals surface area contributed by atoms with Gasteiger partial charge in [0.2, 0.25) is 5.91 Å². The van der Waals surface area contributed by atoms with Gasteiger partial charge in [0.15, 0.2) is 12.5 Å². The molecule has 3 N–H and O–H groups in total. The molecular formula is C48H62N6O8. The highest BCUT2D eigenvalue weighted by Gasteiger charge is 2.31. The number of aryl methyl sites for hydroxylation is 1. The molecule has 0 saturated heterocycles. The first-order chi connectivity index (χ1) is 29.4. The highest BCUT2D eigenvalue weighted by molar-refractivity contribution is 6.01. The predicted octanol–water partition coefficient (Wildman–Crippen LogP) is 8.78. The summed E-state index contributed by atoms with van der Waals surface area (Å²) in [5, 5.41) is 16.8. The number of amides is 3. The molecule has 0 spiro atoms. The molecule has 2 aliphatic rings. The number of ketones is 1. The van der Waals surface area contributed by atoms with Crippen molar-refractivity contribution in [1.82, 2.24) is 10.6 Å². The topological polar surface area (TPSA) is 186 Å². The maximum atomic E-state index is 14.1. The number of nitrogens with zero attached hydrogens (tertiary/aromatic N) is 3. The number of hydrogen-bond donors (Lipinski definition) is 3. The number of aliphatic imine (C=N–C) groups is 1. The maximum absolute atomic E-state index is 14.1. The number of ether oxygens (including phenoxy) is 3. The Labute approximate surface area is 365 Å². The van der Waals surface area contributed by atoms with Gasteiger partial charge in [-0.25, -0.2) is 9.79 Å². The van der Waals surface area contributed by atoms with Gasteiger partial charge in [-0.2, -0.15) is 5.11 Å². The Hall–Kier alpha value is -5.92. The van der Waals surface area contributed by atoms with Crippen LogP contribution in [-0.4, -0.2) is 73.6 Å². The standard InChI is InChI=1S/C48H62N6O8/c1-30-24-35(44(57)49-23-9-10-42(56)61-47(2,3)4)18-21-38(30)39-26-32(13-22-41(39)60-8)25-36(45(58)53-37-19-16-34(17-20-37)43-51-29-52-54-43)27-40(55)33-14-11-31(12-15-33)28-50-46(59)62-48(5,6)7/h13,16-22,24,26,31,33,36H,9-12,14-15,23,25,27-29H2,1-8H3,(H,49,57)(H,50,59)(H,53,58)/t31?,33?,36-/m1/s1. The van der Waals surface area contributed by atoms with Crippen molar-refractivity contribution >= 4 is 41.2 Å². The summed E-state index contributed by atoms with van der Waals surface area (Å²) in [6, 6.07) is 18.4. The van der Waals surface area contributed by atoms with Crippen LogP contribution in [0.3, 0.4) is 0 Å². The molecule has 3 amide bonds. The molecule has 1 fully saturated rings. The second-order valence-electron chi connectivity index (χ2n) is 18.1. The number of azo groups is 1. The lowest BCUT2D eigenvalue weighted by molar-refractivity contribution is -0.154. The van der Waals surface area contributed by atoms with Crippen LogP contribution in [0.15, 0.2) is 75.9 Å². The molecule has 5 rings (SSSR count). The third-order valence-corrected chi connectivity index (χ3v) is 10.7. The van der Waals surface area contributed by atoms with Crippen LogP contribution in [0.4, 0.5) is 10.5 Å². The van der Waals surface area contributed by atoms with Crippen LogP contribution in [0.2, 0.25) is 0 Å². The number of alkyl carbamates (subject to hydrolysis) is 1. The molecule has 0 unspecified atom stereocenters. The lowest BCUT2D eigenvalue weighted by Gasteiger charge is -2.29. The molecule has 1 saturated carbocycles. The summed E-state index contributed by atoms with van der Waals surface area (Å²) < 4.78 is 16.5. The number of benzene rings is 3. The van der Waals surface area contributed by atoms with Crippen LogP contribution in [0.1, 0.15) is 114 Å². The van der Waals surface area contributed by atoms with Gasteiger partial charge in [0.25, 0.3) is 5.91 Å². The number of carbonyl (C=O) groups excluding carboxylic acids is 5. The summed E-state index contributed by atoms with van der Waals surface area (Å²) in [6.07, 6.45) is 3.52. The highest BCUT2D eigenvalue weighted by atomic mass is 16.6. The van der Waals surface area contributed by atoms with Crippen molar-refractivity contribution in [3.63, 3.8) is 0 Å². The molecule has 0 radical (unpaired) electrons. The molecule has 62 heavy (non-hydrogen) atoms. The van der Waals surface area contributed by atoms with E-state index in [0.29, 0.717) is 68.3 Å². The predicted molar refractivity (Wildman–Crippen MR) is 238 cm³/mol. The smallest absolute Gasteiger partial charge is 0.407 e. The van der Waals surface area contributed by atoms with E-state index >= 15 is 0 Å². The minimum atomic E-state index is -0.675. The number of carbonyl (C=O) groups is 5. The Morgan fingerprint density at radius 1 is 0.823 bits per heavy atom. The monoisotopic (exact) mass is 850 g/mol. The summed E-state index contributed by atoms with van der Waals surface area (Å²) in [4.78, 5) is 69.7. The second-order valence-corrected chi connectivity index (χ2v) is 18.1. The van der Waals surface area contributed by atoms with Crippen LogP contribution >= 0.6 is 0 Å². The fraction of sp³-hybridized carbons (Fsp3) is 0.500. The molecule has 1 atom stereocenters. The van der Waals surface area contributed by atoms with Crippen molar-refractivity contribution in [3.8, 4) is 16.9 Å². The van der Waals surface area contributed by atoms with Gasteiger partial charge < -0.3 is 30.2 Å². The fourth-order valence-electron chi connectivity index (χ4n) is 7.64. The molecule has 0 bridgehead atoms. The molecule has 14 heteroatoms. The van der Waals surface area contributed by atoms with E-state index < -0.39 is 23.2 Å². The zero-order valence-electron chi connectivity index (χ0n) is 37.4. The first-order valence-electron chi connectivity index (χ1n) is 21.5. The number of methoxy groups -OCH3 is 1. The highest BCUT2D eigenvalue weighted by Crippen LogP contribution is 2.36. The van der Waals surface area contributed by atoms with Crippen LogP contribution in [0.5, 0.6) is 5.75 Å². The summed E-state index contributed by atoms with van der Waals surface area (Å²) in [6.45, 7) is 14.0. The van der Waals surface area contributed by atoms with Crippen LogP contribution < -0.4 is 20.7 Å². The number of Topliss-reactive ketones (excluding diaryl/α,β-unsaturated/α-hetero) is 1. The van der Waals surface area contributed by atoms with E-state index in [1.165, 1.54) is 0 Å². The summed E-state index contributed by atoms with van der Waals surface area (Å²) in [5.74, 6) is -0.228. The van der Waals surface area contributed by atoms with E-state index in [4.69, 9.17) is 14.2 Å². The molecule has 332 valence electrons. The van der Waals surface area contributed by atoms with Gasteiger partial charge in [-0.15, -0.1) is 5.11 Å². The zero-order chi connectivity index (χ0) is 45.0. The number of esters is 1. The van der Waals surface area contributed by atoms with E-state index in [1.807, 2.05) is 90.9 Å². The van der Waals surface area contributed by atoms with Gasteiger partial charge in [0.05, 0.1) is 7.11 Å². The second kappa shape index (κ2) is 21.2. The van der Waals surface area contributed by atoms with Gasteiger partial charge in [0.1, 0.15) is 22.7 Å². The Bertz CT molecular complexity index is 2140. The van der Waals surface area contributed by atoms with Crippen molar-refractivity contribution < 1.29 is 38.2 Å². The number of anilines is 1. The molecule has 3 aromatic carbocycles. The average Bonchev–Trinajstić information content (AvgIpc) is 3.76. The third-order valence-electron chi connectivity index (χ3n) is 10.7. The summed E-state index contributed by atoms with van der Waals surface area (Å²) >= 11 is 0.